The van der Waals surface area contributed by atoms with Crippen molar-refractivity contribution in [1.82, 2.24) is 4.90 Å². The van der Waals surface area contributed by atoms with Gasteiger partial charge in [-0.2, -0.15) is 0 Å². The van der Waals surface area contributed by atoms with Crippen LogP contribution in [0.25, 0.3) is 0 Å². The molecule has 0 unspecified atom stereocenters. The smallest absolute Gasteiger partial charge is 0.147 e. The van der Waals surface area contributed by atoms with Crippen molar-refractivity contribution < 1.29 is 4.79 Å². The summed E-state index contributed by atoms with van der Waals surface area (Å²) in [5.41, 5.74) is 0.894. The number of rotatable bonds is 9. The Morgan fingerprint density at radius 2 is 1.78 bits per heavy atom. The number of ketones is 1. The van der Waals surface area contributed by atoms with E-state index in [1.54, 1.807) is 0 Å². The van der Waals surface area contributed by atoms with E-state index in [-0.39, 0.29) is 12.4 Å². The second kappa shape index (κ2) is 12.1. The third kappa shape index (κ3) is 7.85. The van der Waals surface area contributed by atoms with E-state index in [4.69, 9.17) is 0 Å². The van der Waals surface area contributed by atoms with Gasteiger partial charge in [-0.1, -0.05) is 0 Å². The Morgan fingerprint density at radius 3 is 2.43 bits per heavy atom. The zero-order valence-electron chi connectivity index (χ0n) is 14.3. The monoisotopic (exact) mass is 403 g/mol. The summed E-state index contributed by atoms with van der Waals surface area (Å²) in [6.45, 7) is 5.53. The Morgan fingerprint density at radius 1 is 1.09 bits per heavy atom. The maximum Gasteiger partial charge on any atom is -0.147 e. The molecule has 130 valence electrons. The quantitative estimate of drug-likeness (QED) is 0.352. The molecule has 4 heteroatoms. The van der Waals surface area contributed by atoms with Crippen LogP contribution < -0.4 is 4.46 Å². The van der Waals surface area contributed by atoms with E-state index in [9.17, 15) is 4.79 Å². The summed E-state index contributed by atoms with van der Waals surface area (Å²) in [5, 5.41) is 1.32. The molecule has 1 aromatic carbocycles. The Bertz CT molecular complexity index is 443. The van der Waals surface area contributed by atoms with Crippen molar-refractivity contribution in [3.63, 3.8) is 0 Å². The second-order valence-corrected chi connectivity index (χ2v) is 8.61. The molecule has 0 amide bonds. The molecule has 0 saturated carbocycles. The van der Waals surface area contributed by atoms with Crippen molar-refractivity contribution in [2.24, 2.45) is 0 Å². The summed E-state index contributed by atoms with van der Waals surface area (Å²) in [6.07, 6.45) is 8.58. The number of carbonyl (C=O) groups excluding carboxylic acids is 1. The predicted octanol–water partition coefficient (Wildman–Crippen LogP) is 4.11. The topological polar surface area (TPSA) is 20.3 Å². The molecule has 1 aliphatic heterocycles. The van der Waals surface area contributed by atoms with Gasteiger partial charge in [-0.05, 0) is 0 Å². The first-order valence-electron chi connectivity index (χ1n) is 8.78. The van der Waals surface area contributed by atoms with Gasteiger partial charge in [0.25, 0.3) is 0 Å². The van der Waals surface area contributed by atoms with E-state index in [0.29, 0.717) is 27.2 Å². The van der Waals surface area contributed by atoms with Crippen LogP contribution >= 0.6 is 12.4 Å². The molecule has 0 atom stereocenters. The number of halogens is 1. The van der Waals surface area contributed by atoms with Crippen LogP contribution in [0.1, 0.15) is 62.2 Å². The first kappa shape index (κ1) is 20.7. The minimum atomic E-state index is 0. The fourth-order valence-corrected chi connectivity index (χ4v) is 4.78. The van der Waals surface area contributed by atoms with Crippen molar-refractivity contribution >= 4 is 37.6 Å². The first-order chi connectivity index (χ1) is 10.8. The Labute approximate surface area is 154 Å². The van der Waals surface area contributed by atoms with E-state index in [1.807, 2.05) is 12.1 Å². The van der Waals surface area contributed by atoms with Gasteiger partial charge in [0.05, 0.1) is 0 Å². The number of Topliss-reactive ketones (excluding diaryl/α,β-unsaturated/α-hetero) is 1. The molecule has 1 aromatic rings. The molecule has 0 N–H and O–H groups in total. The Hall–Kier alpha value is -0.341. The molecule has 1 saturated heterocycles. The molecule has 0 spiro atoms. The van der Waals surface area contributed by atoms with Crippen molar-refractivity contribution in [2.75, 3.05) is 19.6 Å². The summed E-state index contributed by atoms with van der Waals surface area (Å²) in [7, 11) is 0. The van der Waals surface area contributed by atoms with Gasteiger partial charge in [0.1, 0.15) is 0 Å². The molecule has 1 aliphatic rings. The fraction of sp³-hybridized carbons (Fsp3) is 0.632. The molecule has 2 nitrogen and oxygen atoms in total. The van der Waals surface area contributed by atoms with E-state index >= 15 is 0 Å². The Kier molecular flexibility index (Phi) is 10.9. The Balaban J connectivity index is 0.00000264. The van der Waals surface area contributed by atoms with Crippen LogP contribution in [0.4, 0.5) is 0 Å². The number of nitrogens with zero attached hydrogens (tertiary/aromatic N) is 1. The summed E-state index contributed by atoms with van der Waals surface area (Å²) >= 11 is 0.574. The van der Waals surface area contributed by atoms with Crippen LogP contribution in [0.5, 0.6) is 0 Å². The van der Waals surface area contributed by atoms with Crippen molar-refractivity contribution in [1.29, 1.82) is 0 Å². The van der Waals surface area contributed by atoms with Gasteiger partial charge in [-0.25, -0.2) is 0 Å². The van der Waals surface area contributed by atoms with Gasteiger partial charge in [0, 0.05) is 0 Å². The largest absolute Gasteiger partial charge is 0.147 e. The maximum atomic E-state index is 12.3. The molecular formula is C19H30ClNOSe. The number of carbonyl (C=O) groups is 1. The average molecular weight is 403 g/mol. The third-order valence-electron chi connectivity index (χ3n) is 4.30. The molecular weight excluding hydrogens is 373 g/mol. The third-order valence-corrected chi connectivity index (χ3v) is 6.60. The van der Waals surface area contributed by atoms with E-state index in [2.05, 4.69) is 24.0 Å². The van der Waals surface area contributed by atoms with Crippen LogP contribution in [-0.2, 0) is 0 Å². The fourth-order valence-electron chi connectivity index (χ4n) is 2.87. The van der Waals surface area contributed by atoms with Crippen LogP contribution in [0.2, 0.25) is 5.32 Å². The van der Waals surface area contributed by atoms with Crippen molar-refractivity contribution in [2.45, 2.75) is 57.2 Å². The van der Waals surface area contributed by atoms with Crippen LogP contribution in [-0.4, -0.2) is 45.3 Å². The number of hydrogen-bond donors (Lipinski definition) is 0. The van der Waals surface area contributed by atoms with E-state index in [0.717, 1.165) is 12.1 Å². The number of hydrogen-bond acceptors (Lipinski definition) is 2. The van der Waals surface area contributed by atoms with Crippen LogP contribution in [0.3, 0.4) is 0 Å². The minimum Gasteiger partial charge on any atom is -0.147 e. The van der Waals surface area contributed by atoms with Gasteiger partial charge < -0.3 is 0 Å². The molecule has 2 rings (SSSR count). The molecule has 0 bridgehead atoms. The predicted molar refractivity (Wildman–Crippen MR) is 103 cm³/mol. The summed E-state index contributed by atoms with van der Waals surface area (Å²) in [5.74, 6) is 0.301. The maximum absolute atomic E-state index is 12.3. The van der Waals surface area contributed by atoms with Crippen LogP contribution in [0.15, 0.2) is 24.3 Å². The summed E-state index contributed by atoms with van der Waals surface area (Å²) < 4.78 is 1.43. The molecule has 0 radical (unpaired) electrons. The number of likely N-dealkylation sites (tertiary alicyclic amines) is 1. The van der Waals surface area contributed by atoms with Gasteiger partial charge >= 0.3 is 142 Å². The van der Waals surface area contributed by atoms with E-state index < -0.39 is 0 Å². The van der Waals surface area contributed by atoms with Gasteiger partial charge in [-0.3, -0.25) is 0 Å². The zero-order chi connectivity index (χ0) is 15.6. The van der Waals surface area contributed by atoms with Gasteiger partial charge in [0.2, 0.25) is 0 Å². The zero-order valence-corrected chi connectivity index (χ0v) is 16.8. The second-order valence-electron chi connectivity index (χ2n) is 6.16. The molecule has 1 fully saturated rings. The minimum absolute atomic E-state index is 0. The number of unbranched alkanes of at least 4 members (excludes halogenated alkanes) is 2. The van der Waals surface area contributed by atoms with Crippen molar-refractivity contribution in [3.05, 3.63) is 29.8 Å². The van der Waals surface area contributed by atoms with Gasteiger partial charge in [-0.15, -0.1) is 12.4 Å². The molecule has 1 heterocycles. The van der Waals surface area contributed by atoms with E-state index in [1.165, 1.54) is 61.4 Å². The summed E-state index contributed by atoms with van der Waals surface area (Å²) in [6, 6.07) is 8.41. The summed E-state index contributed by atoms with van der Waals surface area (Å²) in [4.78, 5) is 14.7. The van der Waals surface area contributed by atoms with Crippen molar-refractivity contribution in [3.8, 4) is 0 Å². The standard InChI is InChI=1S/C19H29NOSe.ClH/c1-2-3-7-16-22-18-10-8-17(9-11-18)19(21)12-15-20-13-5-4-6-14-20;/h8-11H,2-7,12-16H2,1H3;1H. The molecule has 23 heavy (non-hydrogen) atoms. The van der Waals surface area contributed by atoms with Gasteiger partial charge in [0.15, 0.2) is 0 Å². The SMILES string of the molecule is CCCCC[Se]c1ccc(C(=O)CCN2CCCCC2)cc1.Cl. The number of benzene rings is 1. The average Bonchev–Trinajstić information content (AvgIpc) is 2.58. The number of piperidine rings is 1. The van der Waals surface area contributed by atoms with Crippen LogP contribution in [0, 0.1) is 0 Å². The first-order valence-corrected chi connectivity index (χ1v) is 10.8. The molecule has 0 aromatic heterocycles. The molecule has 0 aliphatic carbocycles. The normalized spacial score (nSPS) is 15.2.